The van der Waals surface area contributed by atoms with Gasteiger partial charge in [0, 0.05) is 19.1 Å². The molecule has 7 nitrogen and oxygen atoms in total. The first kappa shape index (κ1) is 19.9. The van der Waals surface area contributed by atoms with Crippen molar-refractivity contribution in [1.29, 1.82) is 0 Å². The normalized spacial score (nSPS) is 16.4. The highest BCUT2D eigenvalue weighted by Gasteiger charge is 2.29. The fourth-order valence-electron chi connectivity index (χ4n) is 3.23. The van der Waals surface area contributed by atoms with Crippen molar-refractivity contribution in [2.75, 3.05) is 19.7 Å². The topological polar surface area (TPSA) is 87.3 Å². The summed E-state index contributed by atoms with van der Waals surface area (Å²) in [6, 6.07) is 8.97. The van der Waals surface area contributed by atoms with E-state index in [1.54, 1.807) is 23.1 Å². The summed E-state index contributed by atoms with van der Waals surface area (Å²) in [5.74, 6) is 0.599. The first-order valence-corrected chi connectivity index (χ1v) is 9.86. The standard InChI is InChI=1S/C21H28N4O3/c1-4-11-28-19-8-6-5-7-16(19)20(26)22-15-9-10-25(13-15)21(27)18-12-17(14(2)3)23-24-18/h5-8,12,14-15H,4,9-11,13H2,1-3H3,(H,22,26)(H,23,24). The average Bonchev–Trinajstić information content (AvgIpc) is 3.36. The van der Waals surface area contributed by atoms with Crippen molar-refractivity contribution in [2.45, 2.75) is 45.6 Å². The maximum absolute atomic E-state index is 12.7. The number of para-hydroxylation sites is 1. The van der Waals surface area contributed by atoms with Crippen LogP contribution in [0.2, 0.25) is 0 Å². The minimum Gasteiger partial charge on any atom is -0.493 e. The number of ether oxygens (including phenoxy) is 1. The Balaban J connectivity index is 1.60. The Bertz CT molecular complexity index is 831. The number of likely N-dealkylation sites (tertiary alicyclic amines) is 1. The van der Waals surface area contributed by atoms with Gasteiger partial charge in [-0.25, -0.2) is 0 Å². The van der Waals surface area contributed by atoms with E-state index >= 15 is 0 Å². The molecule has 28 heavy (non-hydrogen) atoms. The summed E-state index contributed by atoms with van der Waals surface area (Å²) < 4.78 is 5.67. The van der Waals surface area contributed by atoms with E-state index in [0.29, 0.717) is 36.7 Å². The second-order valence-electron chi connectivity index (χ2n) is 7.42. The lowest BCUT2D eigenvalue weighted by atomic mass is 10.1. The van der Waals surface area contributed by atoms with Gasteiger partial charge in [0.15, 0.2) is 0 Å². The number of carbonyl (C=O) groups is 2. The Morgan fingerprint density at radius 2 is 2.14 bits per heavy atom. The third-order valence-corrected chi connectivity index (χ3v) is 4.82. The third kappa shape index (κ3) is 4.52. The molecule has 0 spiro atoms. The number of hydrogen-bond acceptors (Lipinski definition) is 4. The Kier molecular flexibility index (Phi) is 6.34. The average molecular weight is 384 g/mol. The molecule has 3 rings (SSSR count). The zero-order chi connectivity index (χ0) is 20.1. The van der Waals surface area contributed by atoms with E-state index in [0.717, 1.165) is 18.5 Å². The summed E-state index contributed by atoms with van der Waals surface area (Å²) in [6.45, 7) is 7.75. The van der Waals surface area contributed by atoms with Gasteiger partial charge < -0.3 is 15.0 Å². The van der Waals surface area contributed by atoms with Crippen molar-refractivity contribution in [2.24, 2.45) is 0 Å². The number of benzene rings is 1. The molecule has 2 amide bonds. The number of hydrogen-bond donors (Lipinski definition) is 2. The van der Waals surface area contributed by atoms with Crippen molar-refractivity contribution in [3.63, 3.8) is 0 Å². The molecule has 1 saturated heterocycles. The maximum Gasteiger partial charge on any atom is 0.271 e. The lowest BCUT2D eigenvalue weighted by molar-refractivity contribution is 0.0777. The van der Waals surface area contributed by atoms with Gasteiger partial charge in [0.05, 0.1) is 17.9 Å². The number of H-pyrrole nitrogens is 1. The van der Waals surface area contributed by atoms with E-state index in [1.807, 2.05) is 32.9 Å². The lowest BCUT2D eigenvalue weighted by Crippen LogP contribution is -2.38. The molecule has 0 aliphatic carbocycles. The van der Waals surface area contributed by atoms with Crippen LogP contribution < -0.4 is 10.1 Å². The molecule has 2 aromatic rings. The predicted octanol–water partition coefficient (Wildman–Crippen LogP) is 2.97. The van der Waals surface area contributed by atoms with E-state index in [2.05, 4.69) is 15.5 Å². The Hall–Kier alpha value is -2.83. The van der Waals surface area contributed by atoms with Crippen molar-refractivity contribution < 1.29 is 14.3 Å². The molecular formula is C21H28N4O3. The summed E-state index contributed by atoms with van der Waals surface area (Å²) >= 11 is 0. The van der Waals surface area contributed by atoms with Gasteiger partial charge in [-0.2, -0.15) is 5.10 Å². The zero-order valence-corrected chi connectivity index (χ0v) is 16.7. The highest BCUT2D eigenvalue weighted by molar-refractivity contribution is 5.97. The molecule has 1 aromatic heterocycles. The number of rotatable bonds is 7. The Morgan fingerprint density at radius 3 is 2.86 bits per heavy atom. The SMILES string of the molecule is CCCOc1ccccc1C(=O)NC1CCN(C(=O)c2cc(C(C)C)n[nH]2)C1. The first-order chi connectivity index (χ1) is 13.5. The molecule has 1 aliphatic rings. The van der Waals surface area contributed by atoms with Gasteiger partial charge in [-0.15, -0.1) is 0 Å². The van der Waals surface area contributed by atoms with Crippen molar-refractivity contribution in [3.05, 3.63) is 47.3 Å². The largest absolute Gasteiger partial charge is 0.493 e. The summed E-state index contributed by atoms with van der Waals surface area (Å²) in [5.41, 5.74) is 1.89. The van der Waals surface area contributed by atoms with Gasteiger partial charge in [0.25, 0.3) is 11.8 Å². The lowest BCUT2D eigenvalue weighted by Gasteiger charge is -2.17. The molecule has 2 N–H and O–H groups in total. The van der Waals surface area contributed by atoms with Crippen LogP contribution in [0.4, 0.5) is 0 Å². The van der Waals surface area contributed by atoms with Crippen LogP contribution in [-0.2, 0) is 0 Å². The Labute approximate surface area is 165 Å². The van der Waals surface area contributed by atoms with E-state index in [4.69, 9.17) is 4.74 Å². The minimum absolute atomic E-state index is 0.0804. The highest BCUT2D eigenvalue weighted by Crippen LogP contribution is 2.20. The maximum atomic E-state index is 12.7. The number of nitrogens with zero attached hydrogens (tertiary/aromatic N) is 2. The summed E-state index contributed by atoms with van der Waals surface area (Å²) in [4.78, 5) is 27.1. The molecule has 1 unspecified atom stereocenters. The summed E-state index contributed by atoms with van der Waals surface area (Å²) in [6.07, 6.45) is 1.60. The predicted molar refractivity (Wildman–Crippen MR) is 107 cm³/mol. The van der Waals surface area contributed by atoms with Gasteiger partial charge in [-0.3, -0.25) is 14.7 Å². The number of aromatic amines is 1. The third-order valence-electron chi connectivity index (χ3n) is 4.82. The van der Waals surface area contributed by atoms with Crippen LogP contribution in [0, 0.1) is 0 Å². The number of amides is 2. The molecule has 1 fully saturated rings. The molecule has 0 bridgehead atoms. The van der Waals surface area contributed by atoms with Crippen LogP contribution in [0.3, 0.4) is 0 Å². The second-order valence-corrected chi connectivity index (χ2v) is 7.42. The molecular weight excluding hydrogens is 356 g/mol. The van der Waals surface area contributed by atoms with Crippen LogP contribution in [0.5, 0.6) is 5.75 Å². The van der Waals surface area contributed by atoms with Gasteiger partial charge >= 0.3 is 0 Å². The van der Waals surface area contributed by atoms with Gasteiger partial charge in [-0.1, -0.05) is 32.9 Å². The molecule has 7 heteroatoms. The van der Waals surface area contributed by atoms with Crippen LogP contribution in [0.15, 0.2) is 30.3 Å². The van der Waals surface area contributed by atoms with E-state index in [9.17, 15) is 9.59 Å². The van der Waals surface area contributed by atoms with Crippen LogP contribution in [0.1, 0.15) is 66.1 Å². The summed E-state index contributed by atoms with van der Waals surface area (Å²) in [7, 11) is 0. The fraction of sp³-hybridized carbons (Fsp3) is 0.476. The van der Waals surface area contributed by atoms with E-state index in [1.165, 1.54) is 0 Å². The number of aromatic nitrogens is 2. The first-order valence-electron chi connectivity index (χ1n) is 9.86. The zero-order valence-electron chi connectivity index (χ0n) is 16.7. The number of carbonyl (C=O) groups excluding carboxylic acids is 2. The van der Waals surface area contributed by atoms with E-state index in [-0.39, 0.29) is 23.8 Å². The summed E-state index contributed by atoms with van der Waals surface area (Å²) in [5, 5.41) is 10.1. The van der Waals surface area contributed by atoms with Crippen LogP contribution in [0.25, 0.3) is 0 Å². The Morgan fingerprint density at radius 1 is 1.36 bits per heavy atom. The molecule has 2 heterocycles. The molecule has 1 atom stereocenters. The van der Waals surface area contributed by atoms with Crippen molar-refractivity contribution in [3.8, 4) is 5.75 Å². The van der Waals surface area contributed by atoms with Gasteiger partial charge in [0.2, 0.25) is 0 Å². The minimum atomic E-state index is -0.172. The van der Waals surface area contributed by atoms with Gasteiger partial charge in [0.1, 0.15) is 11.4 Å². The van der Waals surface area contributed by atoms with Crippen molar-refractivity contribution in [1.82, 2.24) is 20.4 Å². The second kappa shape index (κ2) is 8.91. The van der Waals surface area contributed by atoms with Crippen LogP contribution in [-0.4, -0.2) is 52.6 Å². The van der Waals surface area contributed by atoms with Gasteiger partial charge in [-0.05, 0) is 37.0 Å². The van der Waals surface area contributed by atoms with Crippen molar-refractivity contribution >= 4 is 11.8 Å². The molecule has 0 saturated carbocycles. The van der Waals surface area contributed by atoms with Crippen LogP contribution >= 0.6 is 0 Å². The number of nitrogens with one attached hydrogen (secondary N) is 2. The smallest absolute Gasteiger partial charge is 0.271 e. The molecule has 0 radical (unpaired) electrons. The fourth-order valence-corrected chi connectivity index (χ4v) is 3.23. The van der Waals surface area contributed by atoms with E-state index < -0.39 is 0 Å². The quantitative estimate of drug-likeness (QED) is 0.768. The molecule has 150 valence electrons. The molecule has 1 aromatic carbocycles. The highest BCUT2D eigenvalue weighted by atomic mass is 16.5. The monoisotopic (exact) mass is 384 g/mol. The molecule has 1 aliphatic heterocycles.